The lowest BCUT2D eigenvalue weighted by Crippen LogP contribution is -2.19. The molecule has 1 aliphatic heterocycles. The van der Waals surface area contributed by atoms with Crippen molar-refractivity contribution in [3.8, 4) is 6.07 Å². The summed E-state index contributed by atoms with van der Waals surface area (Å²) in [5.41, 5.74) is 1.47. The number of benzene rings is 1. The molecule has 1 aliphatic rings. The third kappa shape index (κ3) is 1.51. The van der Waals surface area contributed by atoms with Crippen LogP contribution in [0.15, 0.2) is 24.3 Å². The lowest BCUT2D eigenvalue weighted by Gasteiger charge is -1.95. The lowest BCUT2D eigenvalue weighted by molar-refractivity contribution is 0.0879. The van der Waals surface area contributed by atoms with E-state index in [0.717, 1.165) is 5.56 Å². The summed E-state index contributed by atoms with van der Waals surface area (Å²) in [6.07, 6.45) is 2.90. The number of nitriles is 1. The number of fused-ring (bicyclic) bond motifs is 1. The van der Waals surface area contributed by atoms with Crippen molar-refractivity contribution in [2.45, 2.75) is 0 Å². The maximum absolute atomic E-state index is 11.3. The van der Waals surface area contributed by atoms with Crippen LogP contribution in [0.25, 0.3) is 6.08 Å². The minimum Gasteiger partial charge on any atom is -0.288 e. The normalized spacial score (nSPS) is 13.8. The Labute approximate surface area is 85.8 Å². The summed E-state index contributed by atoms with van der Waals surface area (Å²) in [4.78, 5) is 22.5. The number of allylic oxidation sites excluding steroid dienone is 1. The third-order valence-corrected chi connectivity index (χ3v) is 2.11. The van der Waals surface area contributed by atoms with Gasteiger partial charge in [-0.05, 0) is 23.8 Å². The average molecular weight is 198 g/mol. The second kappa shape index (κ2) is 3.39. The standard InChI is InChI=1S/C11H6N2O2/c12-5-1-2-7-3-4-8-9(6-7)11(15)13-10(8)14/h1-4,6H,(H,13,14,15). The topological polar surface area (TPSA) is 70.0 Å². The van der Waals surface area contributed by atoms with Gasteiger partial charge in [0.25, 0.3) is 11.8 Å². The third-order valence-electron chi connectivity index (χ3n) is 2.11. The summed E-state index contributed by atoms with van der Waals surface area (Å²) < 4.78 is 0. The molecule has 0 atom stereocenters. The largest absolute Gasteiger partial charge is 0.288 e. The molecule has 72 valence electrons. The molecule has 2 amide bonds. The summed E-state index contributed by atoms with van der Waals surface area (Å²) in [6, 6.07) is 6.70. The van der Waals surface area contributed by atoms with Gasteiger partial charge in [0.2, 0.25) is 0 Å². The molecular formula is C11H6N2O2. The predicted octanol–water partition coefficient (Wildman–Crippen LogP) is 1.11. The Hall–Kier alpha value is -2.41. The molecule has 0 bridgehead atoms. The van der Waals surface area contributed by atoms with E-state index in [4.69, 9.17) is 5.26 Å². The van der Waals surface area contributed by atoms with E-state index >= 15 is 0 Å². The molecule has 0 unspecified atom stereocenters. The maximum atomic E-state index is 11.3. The van der Waals surface area contributed by atoms with Crippen LogP contribution in [0.1, 0.15) is 26.3 Å². The van der Waals surface area contributed by atoms with Gasteiger partial charge in [0.1, 0.15) is 0 Å². The van der Waals surface area contributed by atoms with E-state index in [1.165, 1.54) is 6.08 Å². The number of nitrogens with zero attached hydrogens (tertiary/aromatic N) is 1. The number of hydrogen-bond donors (Lipinski definition) is 1. The summed E-state index contributed by atoms with van der Waals surface area (Å²) in [5, 5.41) is 10.5. The fourth-order valence-electron chi connectivity index (χ4n) is 1.42. The van der Waals surface area contributed by atoms with Gasteiger partial charge in [0, 0.05) is 6.08 Å². The van der Waals surface area contributed by atoms with Crippen LogP contribution in [0.5, 0.6) is 0 Å². The smallest absolute Gasteiger partial charge is 0.258 e. The zero-order valence-electron chi connectivity index (χ0n) is 7.65. The number of hydrogen-bond acceptors (Lipinski definition) is 3. The highest BCUT2D eigenvalue weighted by atomic mass is 16.2. The van der Waals surface area contributed by atoms with Crippen LogP contribution in [0.3, 0.4) is 0 Å². The Bertz CT molecular complexity index is 524. The number of rotatable bonds is 1. The highest BCUT2D eigenvalue weighted by molar-refractivity contribution is 6.21. The van der Waals surface area contributed by atoms with Gasteiger partial charge in [0.05, 0.1) is 17.2 Å². The van der Waals surface area contributed by atoms with Gasteiger partial charge in [-0.3, -0.25) is 14.9 Å². The number of nitrogens with one attached hydrogen (secondary N) is 1. The Morgan fingerprint density at radius 2 is 1.93 bits per heavy atom. The van der Waals surface area contributed by atoms with Gasteiger partial charge in [-0.1, -0.05) is 6.07 Å². The molecule has 0 saturated heterocycles. The van der Waals surface area contributed by atoms with E-state index in [1.54, 1.807) is 24.3 Å². The van der Waals surface area contributed by atoms with Gasteiger partial charge in [-0.2, -0.15) is 5.26 Å². The minimum absolute atomic E-state index is 0.361. The Balaban J connectivity index is 2.48. The fourth-order valence-corrected chi connectivity index (χ4v) is 1.42. The molecular weight excluding hydrogens is 192 g/mol. The van der Waals surface area contributed by atoms with Crippen LogP contribution in [0.2, 0.25) is 0 Å². The van der Waals surface area contributed by atoms with Gasteiger partial charge >= 0.3 is 0 Å². The number of carbonyl (C=O) groups is 2. The molecule has 0 saturated carbocycles. The second-order valence-electron chi connectivity index (χ2n) is 3.05. The lowest BCUT2D eigenvalue weighted by atomic mass is 10.1. The highest BCUT2D eigenvalue weighted by Crippen LogP contribution is 2.17. The van der Waals surface area contributed by atoms with E-state index in [0.29, 0.717) is 11.1 Å². The Morgan fingerprint density at radius 1 is 1.20 bits per heavy atom. The first-order valence-electron chi connectivity index (χ1n) is 4.28. The van der Waals surface area contributed by atoms with Gasteiger partial charge in [-0.15, -0.1) is 0 Å². The second-order valence-corrected chi connectivity index (χ2v) is 3.05. The molecule has 2 rings (SSSR count). The summed E-state index contributed by atoms with van der Waals surface area (Å²) in [7, 11) is 0. The monoisotopic (exact) mass is 198 g/mol. The zero-order chi connectivity index (χ0) is 10.8. The number of amides is 2. The molecule has 1 aromatic carbocycles. The maximum Gasteiger partial charge on any atom is 0.258 e. The molecule has 4 nitrogen and oxygen atoms in total. The SMILES string of the molecule is N#CC=Cc1ccc2c(c1)C(=O)NC2=O. The summed E-state index contributed by atoms with van der Waals surface area (Å²) in [5.74, 6) is -0.756. The van der Waals surface area contributed by atoms with E-state index < -0.39 is 0 Å². The first-order chi connectivity index (χ1) is 7.22. The van der Waals surface area contributed by atoms with Crippen LogP contribution in [0, 0.1) is 11.3 Å². The molecule has 0 fully saturated rings. The van der Waals surface area contributed by atoms with Crippen molar-refractivity contribution < 1.29 is 9.59 Å². The van der Waals surface area contributed by atoms with Crippen LogP contribution >= 0.6 is 0 Å². The molecule has 1 heterocycles. The van der Waals surface area contributed by atoms with Crippen molar-refractivity contribution in [1.82, 2.24) is 5.32 Å². The first kappa shape index (κ1) is 9.16. The first-order valence-corrected chi connectivity index (χ1v) is 4.28. The molecule has 0 spiro atoms. The summed E-state index contributed by atoms with van der Waals surface area (Å²) >= 11 is 0. The Kier molecular flexibility index (Phi) is 2.07. The summed E-state index contributed by atoms with van der Waals surface area (Å²) in [6.45, 7) is 0. The van der Waals surface area contributed by atoms with Crippen LogP contribution in [0.4, 0.5) is 0 Å². The highest BCUT2D eigenvalue weighted by Gasteiger charge is 2.26. The number of imide groups is 1. The molecule has 4 heteroatoms. The Morgan fingerprint density at radius 3 is 2.67 bits per heavy atom. The molecule has 15 heavy (non-hydrogen) atoms. The quantitative estimate of drug-likeness (QED) is 0.542. The fraction of sp³-hybridized carbons (Fsp3) is 0. The van der Waals surface area contributed by atoms with E-state index in [-0.39, 0.29) is 11.8 Å². The van der Waals surface area contributed by atoms with Crippen LogP contribution in [-0.2, 0) is 0 Å². The minimum atomic E-state index is -0.387. The molecule has 0 radical (unpaired) electrons. The van der Waals surface area contributed by atoms with Gasteiger partial charge in [0.15, 0.2) is 0 Å². The van der Waals surface area contributed by atoms with Crippen LogP contribution in [-0.4, -0.2) is 11.8 Å². The predicted molar refractivity (Wildman–Crippen MR) is 52.9 cm³/mol. The molecule has 1 N–H and O–H groups in total. The zero-order valence-corrected chi connectivity index (χ0v) is 7.65. The van der Waals surface area contributed by atoms with E-state index in [1.807, 2.05) is 6.07 Å². The van der Waals surface area contributed by atoms with E-state index in [9.17, 15) is 9.59 Å². The van der Waals surface area contributed by atoms with E-state index in [2.05, 4.69) is 5.32 Å². The molecule has 0 aliphatic carbocycles. The molecule has 1 aromatic rings. The van der Waals surface area contributed by atoms with Crippen molar-refractivity contribution in [3.05, 3.63) is 41.0 Å². The van der Waals surface area contributed by atoms with Gasteiger partial charge in [-0.25, -0.2) is 0 Å². The van der Waals surface area contributed by atoms with Crippen molar-refractivity contribution in [3.63, 3.8) is 0 Å². The van der Waals surface area contributed by atoms with Gasteiger partial charge < -0.3 is 0 Å². The van der Waals surface area contributed by atoms with Crippen LogP contribution < -0.4 is 5.32 Å². The van der Waals surface area contributed by atoms with Crippen molar-refractivity contribution in [2.24, 2.45) is 0 Å². The van der Waals surface area contributed by atoms with Crippen molar-refractivity contribution >= 4 is 17.9 Å². The number of carbonyl (C=O) groups excluding carboxylic acids is 2. The van der Waals surface area contributed by atoms with Crippen molar-refractivity contribution in [1.29, 1.82) is 5.26 Å². The molecule has 0 aromatic heterocycles. The average Bonchev–Trinajstić information content (AvgIpc) is 2.52. The van der Waals surface area contributed by atoms with Crippen molar-refractivity contribution in [2.75, 3.05) is 0 Å².